The predicted octanol–water partition coefficient (Wildman–Crippen LogP) is 2.00. The van der Waals surface area contributed by atoms with E-state index in [1.54, 1.807) is 0 Å². The van der Waals surface area contributed by atoms with E-state index in [1.165, 1.54) is 0 Å². The van der Waals surface area contributed by atoms with Gasteiger partial charge in [-0.05, 0) is 12.0 Å². The van der Waals surface area contributed by atoms with Crippen molar-refractivity contribution < 1.29 is 9.32 Å². The minimum Gasteiger partial charge on any atom is -0.338 e. The van der Waals surface area contributed by atoms with Gasteiger partial charge in [0.15, 0.2) is 5.82 Å². The van der Waals surface area contributed by atoms with Gasteiger partial charge in [-0.2, -0.15) is 10.1 Å². The first-order chi connectivity index (χ1) is 11.9. The molecule has 1 amide bonds. The number of nitrogens with one attached hydrogen (secondary N) is 1. The molecule has 3 rings (SSSR count). The lowest BCUT2D eigenvalue weighted by Crippen LogP contribution is -2.48. The standard InChI is InChI=1S/C17H26N6O2/c1-11(2)13-9-14(20-19-13)17(24)23-7-5-22(6-8-23)10-15-18-16(12(3)4)21-25-15/h9,11-12H,5-8,10H2,1-4H3,(H,19,20). The largest absolute Gasteiger partial charge is 0.338 e. The van der Waals surface area contributed by atoms with Crippen LogP contribution in [0.4, 0.5) is 0 Å². The van der Waals surface area contributed by atoms with Crippen LogP contribution < -0.4 is 0 Å². The fourth-order valence-electron chi connectivity index (χ4n) is 2.77. The Morgan fingerprint density at radius 2 is 1.92 bits per heavy atom. The first-order valence-corrected chi connectivity index (χ1v) is 8.83. The molecule has 1 fully saturated rings. The Bertz CT molecular complexity index is 712. The lowest BCUT2D eigenvalue weighted by atomic mass is 10.1. The fourth-order valence-corrected chi connectivity index (χ4v) is 2.77. The Labute approximate surface area is 147 Å². The highest BCUT2D eigenvalue weighted by Crippen LogP contribution is 2.15. The number of H-pyrrole nitrogens is 1. The third kappa shape index (κ3) is 4.07. The lowest BCUT2D eigenvalue weighted by molar-refractivity contribution is 0.0609. The van der Waals surface area contributed by atoms with E-state index in [0.717, 1.165) is 24.6 Å². The van der Waals surface area contributed by atoms with Crippen LogP contribution in [0, 0.1) is 0 Å². The highest BCUT2D eigenvalue weighted by molar-refractivity contribution is 5.92. The van der Waals surface area contributed by atoms with Crippen LogP contribution in [-0.2, 0) is 6.54 Å². The third-order valence-corrected chi connectivity index (χ3v) is 4.46. The highest BCUT2D eigenvalue weighted by Gasteiger charge is 2.25. The molecule has 8 nitrogen and oxygen atoms in total. The maximum atomic E-state index is 12.6. The van der Waals surface area contributed by atoms with Crippen LogP contribution in [0.1, 0.15) is 67.4 Å². The van der Waals surface area contributed by atoms with E-state index in [-0.39, 0.29) is 11.8 Å². The Morgan fingerprint density at radius 3 is 2.48 bits per heavy atom. The molecule has 1 N–H and O–H groups in total. The maximum Gasteiger partial charge on any atom is 0.274 e. The zero-order valence-electron chi connectivity index (χ0n) is 15.3. The van der Waals surface area contributed by atoms with Crippen LogP contribution in [0.5, 0.6) is 0 Å². The van der Waals surface area contributed by atoms with Crippen molar-refractivity contribution in [3.63, 3.8) is 0 Å². The summed E-state index contributed by atoms with van der Waals surface area (Å²) in [6.45, 7) is 11.8. The first kappa shape index (κ1) is 17.6. The van der Waals surface area contributed by atoms with E-state index < -0.39 is 0 Å². The molecule has 0 aromatic carbocycles. The van der Waals surface area contributed by atoms with Crippen molar-refractivity contribution in [1.29, 1.82) is 0 Å². The summed E-state index contributed by atoms with van der Waals surface area (Å²) < 4.78 is 5.30. The summed E-state index contributed by atoms with van der Waals surface area (Å²) in [4.78, 5) is 21.1. The number of nitrogens with zero attached hydrogens (tertiary/aromatic N) is 5. The molecule has 136 valence electrons. The third-order valence-electron chi connectivity index (χ3n) is 4.46. The molecule has 1 aliphatic rings. The van der Waals surface area contributed by atoms with Crippen LogP contribution in [0.15, 0.2) is 10.6 Å². The molecule has 3 heterocycles. The van der Waals surface area contributed by atoms with Gasteiger partial charge in [0.25, 0.3) is 5.91 Å². The van der Waals surface area contributed by atoms with Crippen LogP contribution in [0.2, 0.25) is 0 Å². The fraction of sp³-hybridized carbons (Fsp3) is 0.647. The molecule has 1 saturated heterocycles. The quantitative estimate of drug-likeness (QED) is 0.890. The molecular formula is C17H26N6O2. The van der Waals surface area contributed by atoms with Gasteiger partial charge in [0.1, 0.15) is 5.69 Å². The number of hydrogen-bond donors (Lipinski definition) is 1. The molecule has 1 aliphatic heterocycles. The molecule has 8 heteroatoms. The van der Waals surface area contributed by atoms with Crippen molar-refractivity contribution >= 4 is 5.91 Å². The molecule has 0 aliphatic carbocycles. The van der Waals surface area contributed by atoms with Gasteiger partial charge in [0.05, 0.1) is 6.54 Å². The number of carbonyl (C=O) groups is 1. The highest BCUT2D eigenvalue weighted by atomic mass is 16.5. The SMILES string of the molecule is CC(C)c1noc(CN2CCN(C(=O)c3cc(C(C)C)[nH]n3)CC2)n1. The van der Waals surface area contributed by atoms with E-state index in [2.05, 4.69) is 39.1 Å². The van der Waals surface area contributed by atoms with Gasteiger partial charge in [-0.25, -0.2) is 0 Å². The number of hydrogen-bond acceptors (Lipinski definition) is 6. The van der Waals surface area contributed by atoms with Gasteiger partial charge in [-0.15, -0.1) is 0 Å². The monoisotopic (exact) mass is 346 g/mol. The summed E-state index contributed by atoms with van der Waals surface area (Å²) in [5.41, 5.74) is 1.48. The maximum absolute atomic E-state index is 12.6. The van der Waals surface area contributed by atoms with E-state index in [4.69, 9.17) is 4.52 Å². The normalized spacial score (nSPS) is 16.2. The Hall–Kier alpha value is -2.22. The molecule has 2 aromatic rings. The molecule has 0 bridgehead atoms. The van der Waals surface area contributed by atoms with E-state index in [0.29, 0.717) is 37.1 Å². The van der Waals surface area contributed by atoms with Crippen LogP contribution >= 0.6 is 0 Å². The average molecular weight is 346 g/mol. The lowest BCUT2D eigenvalue weighted by Gasteiger charge is -2.33. The minimum absolute atomic E-state index is 0.0114. The summed E-state index contributed by atoms with van der Waals surface area (Å²) in [7, 11) is 0. The summed E-state index contributed by atoms with van der Waals surface area (Å²) in [5, 5.41) is 11.1. The van der Waals surface area contributed by atoms with Crippen LogP contribution in [0.3, 0.4) is 0 Å². The molecular weight excluding hydrogens is 320 g/mol. The summed E-state index contributed by atoms with van der Waals surface area (Å²) in [6.07, 6.45) is 0. The zero-order valence-corrected chi connectivity index (χ0v) is 15.3. The second kappa shape index (κ2) is 7.35. The smallest absolute Gasteiger partial charge is 0.274 e. The van der Waals surface area contributed by atoms with Crippen molar-refractivity contribution in [2.75, 3.05) is 26.2 Å². The minimum atomic E-state index is -0.0114. The van der Waals surface area contributed by atoms with Gasteiger partial charge in [-0.1, -0.05) is 32.9 Å². The summed E-state index contributed by atoms with van der Waals surface area (Å²) in [5.74, 6) is 1.95. The second-order valence-electron chi connectivity index (χ2n) is 7.13. The van der Waals surface area contributed by atoms with Gasteiger partial charge in [0, 0.05) is 37.8 Å². The van der Waals surface area contributed by atoms with Crippen LogP contribution in [0.25, 0.3) is 0 Å². The van der Waals surface area contributed by atoms with Gasteiger partial charge in [-0.3, -0.25) is 14.8 Å². The molecule has 0 atom stereocenters. The number of rotatable bonds is 5. The van der Waals surface area contributed by atoms with E-state index in [1.807, 2.05) is 24.8 Å². The Balaban J connectivity index is 1.53. The van der Waals surface area contributed by atoms with Crippen molar-refractivity contribution in [2.24, 2.45) is 0 Å². The Morgan fingerprint density at radius 1 is 1.20 bits per heavy atom. The molecule has 0 unspecified atom stereocenters. The molecule has 0 spiro atoms. The number of carbonyl (C=O) groups excluding carboxylic acids is 1. The summed E-state index contributed by atoms with van der Waals surface area (Å²) >= 11 is 0. The van der Waals surface area contributed by atoms with Crippen LogP contribution in [-0.4, -0.2) is 62.2 Å². The number of aromatic amines is 1. The average Bonchev–Trinajstić information content (AvgIpc) is 3.24. The van der Waals surface area contributed by atoms with Gasteiger partial charge < -0.3 is 9.42 Å². The van der Waals surface area contributed by atoms with Gasteiger partial charge >= 0.3 is 0 Å². The number of piperazine rings is 1. The van der Waals surface area contributed by atoms with Gasteiger partial charge in [0.2, 0.25) is 5.89 Å². The molecule has 0 saturated carbocycles. The topological polar surface area (TPSA) is 91.2 Å². The molecule has 0 radical (unpaired) electrons. The number of aromatic nitrogens is 4. The van der Waals surface area contributed by atoms with Crippen molar-refractivity contribution in [2.45, 2.75) is 46.1 Å². The van der Waals surface area contributed by atoms with E-state index in [9.17, 15) is 4.79 Å². The first-order valence-electron chi connectivity index (χ1n) is 8.83. The predicted molar refractivity (Wildman–Crippen MR) is 92.2 cm³/mol. The summed E-state index contributed by atoms with van der Waals surface area (Å²) in [6, 6.07) is 1.85. The molecule has 2 aromatic heterocycles. The number of amides is 1. The zero-order chi connectivity index (χ0) is 18.0. The Kier molecular flexibility index (Phi) is 5.17. The van der Waals surface area contributed by atoms with Crippen molar-refractivity contribution in [3.8, 4) is 0 Å². The van der Waals surface area contributed by atoms with Crippen molar-refractivity contribution in [1.82, 2.24) is 30.1 Å². The molecule has 25 heavy (non-hydrogen) atoms. The second-order valence-corrected chi connectivity index (χ2v) is 7.13. The van der Waals surface area contributed by atoms with E-state index >= 15 is 0 Å². The van der Waals surface area contributed by atoms with Crippen molar-refractivity contribution in [3.05, 3.63) is 29.2 Å².